The second-order valence-electron chi connectivity index (χ2n) is 4.68. The van der Waals surface area contributed by atoms with Crippen molar-refractivity contribution in [1.82, 2.24) is 5.48 Å². The summed E-state index contributed by atoms with van der Waals surface area (Å²) < 4.78 is 39.1. The van der Waals surface area contributed by atoms with Crippen LogP contribution in [0, 0.1) is 6.92 Å². The number of hydrogen-bond acceptors (Lipinski definition) is 2. The number of hydrogen-bond donors (Lipinski definition) is 1. The molecule has 0 aromatic heterocycles. The highest BCUT2D eigenvalue weighted by Gasteiger charge is 2.33. The third-order valence-corrected chi connectivity index (χ3v) is 3.36. The van der Waals surface area contributed by atoms with Crippen LogP contribution in [-0.2, 0) is 11.0 Å². The van der Waals surface area contributed by atoms with Crippen molar-refractivity contribution in [3.8, 4) is 0 Å². The fourth-order valence-corrected chi connectivity index (χ4v) is 2.35. The molecular weight excluding hydrogens is 279 g/mol. The van der Waals surface area contributed by atoms with Gasteiger partial charge in [-0.05, 0) is 29.7 Å². The standard InChI is InChI=1S/C16H16F3NO/c1-11-13(9-6-10-14(11)16(17,18)19)15(20-21-2)12-7-4-3-5-8-12/h3-10,15,20H,1-2H3. The summed E-state index contributed by atoms with van der Waals surface area (Å²) in [6.45, 7) is 1.48. The Bertz CT molecular complexity index is 596. The van der Waals surface area contributed by atoms with Gasteiger partial charge < -0.3 is 4.84 Å². The molecule has 5 heteroatoms. The van der Waals surface area contributed by atoms with E-state index < -0.39 is 17.8 Å². The number of alkyl halides is 3. The summed E-state index contributed by atoms with van der Waals surface area (Å²) in [4.78, 5) is 4.96. The van der Waals surface area contributed by atoms with E-state index in [9.17, 15) is 13.2 Å². The Hall–Kier alpha value is -1.85. The van der Waals surface area contributed by atoms with Crippen LogP contribution in [0.4, 0.5) is 13.2 Å². The molecule has 0 amide bonds. The molecule has 2 rings (SSSR count). The van der Waals surface area contributed by atoms with Crippen molar-refractivity contribution in [1.29, 1.82) is 0 Å². The number of benzene rings is 2. The lowest BCUT2D eigenvalue weighted by atomic mass is 9.92. The highest BCUT2D eigenvalue weighted by molar-refractivity contribution is 5.42. The van der Waals surface area contributed by atoms with E-state index in [1.54, 1.807) is 6.07 Å². The van der Waals surface area contributed by atoms with Gasteiger partial charge in [-0.1, -0.05) is 42.5 Å². The molecule has 21 heavy (non-hydrogen) atoms. The first kappa shape index (κ1) is 15.5. The molecule has 0 aliphatic carbocycles. The molecule has 112 valence electrons. The maximum Gasteiger partial charge on any atom is 0.416 e. The zero-order valence-corrected chi connectivity index (χ0v) is 11.7. The van der Waals surface area contributed by atoms with Gasteiger partial charge in [-0.2, -0.15) is 18.7 Å². The lowest BCUT2D eigenvalue weighted by Gasteiger charge is -2.22. The van der Waals surface area contributed by atoms with E-state index in [0.717, 1.165) is 11.6 Å². The van der Waals surface area contributed by atoms with Crippen molar-refractivity contribution in [2.45, 2.75) is 19.1 Å². The minimum atomic E-state index is -4.37. The Balaban J connectivity index is 2.52. The van der Waals surface area contributed by atoms with Crippen molar-refractivity contribution >= 4 is 0 Å². The van der Waals surface area contributed by atoms with E-state index >= 15 is 0 Å². The number of rotatable bonds is 4. The Morgan fingerprint density at radius 1 is 1.00 bits per heavy atom. The molecule has 0 radical (unpaired) electrons. The zero-order chi connectivity index (χ0) is 15.5. The number of hydroxylamine groups is 1. The molecule has 0 fully saturated rings. The third-order valence-electron chi connectivity index (χ3n) is 3.36. The van der Waals surface area contributed by atoms with Crippen molar-refractivity contribution in [3.63, 3.8) is 0 Å². The predicted octanol–water partition coefficient (Wildman–Crippen LogP) is 4.25. The molecular formula is C16H16F3NO. The van der Waals surface area contributed by atoms with Gasteiger partial charge in [-0.25, -0.2) is 0 Å². The summed E-state index contributed by atoms with van der Waals surface area (Å²) >= 11 is 0. The van der Waals surface area contributed by atoms with Gasteiger partial charge in [0.1, 0.15) is 0 Å². The van der Waals surface area contributed by atoms with E-state index in [0.29, 0.717) is 5.56 Å². The fraction of sp³-hybridized carbons (Fsp3) is 0.250. The van der Waals surface area contributed by atoms with Crippen LogP contribution >= 0.6 is 0 Å². The summed E-state index contributed by atoms with van der Waals surface area (Å²) in [5.74, 6) is 0. The average Bonchev–Trinajstić information content (AvgIpc) is 2.45. The first-order valence-electron chi connectivity index (χ1n) is 6.45. The van der Waals surface area contributed by atoms with Gasteiger partial charge in [0.2, 0.25) is 0 Å². The molecule has 1 atom stereocenters. The van der Waals surface area contributed by atoms with Gasteiger partial charge in [0.15, 0.2) is 0 Å². The minimum absolute atomic E-state index is 0.198. The third kappa shape index (κ3) is 3.43. The maximum atomic E-state index is 13.0. The second kappa shape index (κ2) is 6.28. The second-order valence-corrected chi connectivity index (χ2v) is 4.68. The number of nitrogens with one attached hydrogen (secondary N) is 1. The normalized spacial score (nSPS) is 13.2. The van der Waals surface area contributed by atoms with Gasteiger partial charge in [-0.15, -0.1) is 0 Å². The molecule has 1 N–H and O–H groups in total. The van der Waals surface area contributed by atoms with E-state index in [4.69, 9.17) is 4.84 Å². The summed E-state index contributed by atoms with van der Waals surface area (Å²) in [5.41, 5.74) is 3.71. The highest BCUT2D eigenvalue weighted by Crippen LogP contribution is 2.35. The van der Waals surface area contributed by atoms with Gasteiger partial charge in [0, 0.05) is 0 Å². The summed E-state index contributed by atoms with van der Waals surface area (Å²) in [6.07, 6.45) is -4.37. The van der Waals surface area contributed by atoms with Crippen molar-refractivity contribution < 1.29 is 18.0 Å². The van der Waals surface area contributed by atoms with E-state index in [-0.39, 0.29) is 5.56 Å². The molecule has 0 bridgehead atoms. The van der Waals surface area contributed by atoms with Crippen LogP contribution < -0.4 is 5.48 Å². The lowest BCUT2D eigenvalue weighted by molar-refractivity contribution is -0.138. The molecule has 2 aromatic carbocycles. The Morgan fingerprint density at radius 2 is 1.67 bits per heavy atom. The fourth-order valence-electron chi connectivity index (χ4n) is 2.35. The molecule has 2 aromatic rings. The first-order chi connectivity index (χ1) is 9.95. The molecule has 0 aliphatic rings. The monoisotopic (exact) mass is 295 g/mol. The summed E-state index contributed by atoms with van der Waals surface area (Å²) in [6, 6.07) is 12.9. The van der Waals surface area contributed by atoms with Crippen LogP contribution in [0.5, 0.6) is 0 Å². The van der Waals surface area contributed by atoms with Crippen molar-refractivity contribution in [2.75, 3.05) is 7.11 Å². The average molecular weight is 295 g/mol. The van der Waals surface area contributed by atoms with E-state index in [2.05, 4.69) is 5.48 Å². The van der Waals surface area contributed by atoms with Gasteiger partial charge in [-0.3, -0.25) is 0 Å². The van der Waals surface area contributed by atoms with Crippen LogP contribution in [0.3, 0.4) is 0 Å². The van der Waals surface area contributed by atoms with Crippen LogP contribution in [0.15, 0.2) is 48.5 Å². The topological polar surface area (TPSA) is 21.3 Å². The molecule has 0 saturated heterocycles. The predicted molar refractivity (Wildman–Crippen MR) is 74.6 cm³/mol. The maximum absolute atomic E-state index is 13.0. The zero-order valence-electron chi connectivity index (χ0n) is 11.7. The van der Waals surface area contributed by atoms with Crippen LogP contribution in [0.1, 0.15) is 28.3 Å². The van der Waals surface area contributed by atoms with Crippen molar-refractivity contribution in [2.24, 2.45) is 0 Å². The number of halogens is 3. The first-order valence-corrected chi connectivity index (χ1v) is 6.45. The molecule has 0 saturated carbocycles. The van der Waals surface area contributed by atoms with E-state index in [1.165, 1.54) is 20.1 Å². The largest absolute Gasteiger partial charge is 0.416 e. The quantitative estimate of drug-likeness (QED) is 0.851. The Morgan fingerprint density at radius 3 is 2.24 bits per heavy atom. The van der Waals surface area contributed by atoms with Gasteiger partial charge in [0.05, 0.1) is 18.7 Å². The minimum Gasteiger partial charge on any atom is -0.304 e. The van der Waals surface area contributed by atoms with Gasteiger partial charge >= 0.3 is 6.18 Å². The summed E-state index contributed by atoms with van der Waals surface area (Å²) in [7, 11) is 1.44. The molecule has 0 aliphatic heterocycles. The highest BCUT2D eigenvalue weighted by atomic mass is 19.4. The SMILES string of the molecule is CONC(c1ccccc1)c1cccc(C(F)(F)F)c1C. The Kier molecular flexibility index (Phi) is 4.65. The Labute approximate surface area is 121 Å². The molecule has 0 spiro atoms. The lowest BCUT2D eigenvalue weighted by Crippen LogP contribution is -2.23. The van der Waals surface area contributed by atoms with Crippen LogP contribution in [0.25, 0.3) is 0 Å². The van der Waals surface area contributed by atoms with E-state index in [1.807, 2.05) is 30.3 Å². The molecule has 2 nitrogen and oxygen atoms in total. The smallest absolute Gasteiger partial charge is 0.304 e. The van der Waals surface area contributed by atoms with Crippen LogP contribution in [0.2, 0.25) is 0 Å². The van der Waals surface area contributed by atoms with Gasteiger partial charge in [0.25, 0.3) is 0 Å². The molecule has 0 heterocycles. The van der Waals surface area contributed by atoms with Crippen LogP contribution in [-0.4, -0.2) is 7.11 Å². The molecule has 1 unspecified atom stereocenters. The van der Waals surface area contributed by atoms with Crippen molar-refractivity contribution in [3.05, 3.63) is 70.8 Å². The summed E-state index contributed by atoms with van der Waals surface area (Å²) in [5, 5.41) is 0.